The van der Waals surface area contributed by atoms with Crippen molar-refractivity contribution in [1.82, 2.24) is 9.97 Å². The minimum absolute atomic E-state index is 0.164. The molecule has 0 saturated heterocycles. The van der Waals surface area contributed by atoms with E-state index in [0.717, 1.165) is 21.7 Å². The quantitative estimate of drug-likeness (QED) is 0.498. The highest BCUT2D eigenvalue weighted by molar-refractivity contribution is 7.09. The van der Waals surface area contributed by atoms with Crippen LogP contribution in [0.4, 0.5) is 5.69 Å². The first-order chi connectivity index (χ1) is 14.1. The van der Waals surface area contributed by atoms with Gasteiger partial charge in [-0.2, -0.15) is 0 Å². The number of aromatic nitrogens is 2. The Bertz CT molecular complexity index is 1200. The smallest absolute Gasteiger partial charge is 0.357 e. The molecule has 2 aromatic heterocycles. The van der Waals surface area contributed by atoms with Gasteiger partial charge in [0.15, 0.2) is 6.61 Å². The molecule has 0 saturated carbocycles. The summed E-state index contributed by atoms with van der Waals surface area (Å²) in [7, 11) is 0. The summed E-state index contributed by atoms with van der Waals surface area (Å²) < 4.78 is 5.11. The number of carbonyl (C=O) groups is 2. The number of esters is 1. The molecule has 2 heterocycles. The number of anilines is 1. The topological polar surface area (TPSA) is 81.2 Å². The van der Waals surface area contributed by atoms with E-state index < -0.39 is 18.5 Å². The minimum Gasteiger partial charge on any atom is -0.451 e. The standard InChI is InChI=1S/C22H17N3O3S/c1-14-23-20(13-29-14)16-6-4-7-17(11-16)24-21(26)12-28-22(27)19-10-9-15-5-2-3-8-18(15)25-19/h2-11,13H,12H2,1H3,(H,24,26). The summed E-state index contributed by atoms with van der Waals surface area (Å²) in [5.74, 6) is -1.07. The van der Waals surface area contributed by atoms with Crippen LogP contribution < -0.4 is 5.32 Å². The Morgan fingerprint density at radius 2 is 1.90 bits per heavy atom. The molecule has 4 aromatic rings. The zero-order chi connectivity index (χ0) is 20.2. The maximum Gasteiger partial charge on any atom is 0.357 e. The van der Waals surface area contributed by atoms with Gasteiger partial charge in [0.1, 0.15) is 5.69 Å². The molecule has 0 spiro atoms. The summed E-state index contributed by atoms with van der Waals surface area (Å²) in [4.78, 5) is 33.1. The maximum absolute atomic E-state index is 12.2. The molecule has 0 unspecified atom stereocenters. The lowest BCUT2D eigenvalue weighted by Crippen LogP contribution is -2.21. The molecule has 7 heteroatoms. The van der Waals surface area contributed by atoms with Crippen molar-refractivity contribution in [1.29, 1.82) is 0 Å². The van der Waals surface area contributed by atoms with Gasteiger partial charge in [0.2, 0.25) is 0 Å². The van der Waals surface area contributed by atoms with Crippen molar-refractivity contribution in [3.05, 3.63) is 76.7 Å². The molecule has 0 aliphatic heterocycles. The zero-order valence-corrected chi connectivity index (χ0v) is 16.4. The number of nitrogens with zero attached hydrogens (tertiary/aromatic N) is 2. The molecule has 0 fully saturated rings. The second-order valence-electron chi connectivity index (χ2n) is 6.35. The summed E-state index contributed by atoms with van der Waals surface area (Å²) in [6.45, 7) is 1.55. The number of thiazole rings is 1. The van der Waals surface area contributed by atoms with E-state index in [9.17, 15) is 9.59 Å². The summed E-state index contributed by atoms with van der Waals surface area (Å²) in [6.07, 6.45) is 0. The molecular weight excluding hydrogens is 386 g/mol. The highest BCUT2D eigenvalue weighted by Gasteiger charge is 2.13. The van der Waals surface area contributed by atoms with E-state index in [4.69, 9.17) is 4.74 Å². The van der Waals surface area contributed by atoms with Crippen molar-refractivity contribution >= 4 is 39.8 Å². The lowest BCUT2D eigenvalue weighted by atomic mass is 10.1. The molecule has 0 bridgehead atoms. The van der Waals surface area contributed by atoms with Gasteiger partial charge in [-0.1, -0.05) is 36.4 Å². The third-order valence-electron chi connectivity index (χ3n) is 4.20. The van der Waals surface area contributed by atoms with Gasteiger partial charge in [-0.05, 0) is 31.2 Å². The Hall–Kier alpha value is -3.58. The zero-order valence-electron chi connectivity index (χ0n) is 15.6. The Kier molecular flexibility index (Phi) is 5.31. The molecule has 6 nitrogen and oxygen atoms in total. The van der Waals surface area contributed by atoms with Gasteiger partial charge in [-0.15, -0.1) is 11.3 Å². The van der Waals surface area contributed by atoms with Crippen molar-refractivity contribution in [2.45, 2.75) is 6.92 Å². The maximum atomic E-state index is 12.2. The van der Waals surface area contributed by atoms with Gasteiger partial charge in [0, 0.05) is 22.0 Å². The summed E-state index contributed by atoms with van der Waals surface area (Å²) in [5, 5.41) is 6.60. The van der Waals surface area contributed by atoms with Crippen molar-refractivity contribution in [3.63, 3.8) is 0 Å². The van der Waals surface area contributed by atoms with E-state index >= 15 is 0 Å². The molecule has 0 aliphatic carbocycles. The first kappa shape index (κ1) is 18.8. The van der Waals surface area contributed by atoms with Crippen LogP contribution in [0, 0.1) is 6.92 Å². The van der Waals surface area contributed by atoms with E-state index in [2.05, 4.69) is 15.3 Å². The molecule has 144 valence electrons. The summed E-state index contributed by atoms with van der Waals surface area (Å²) in [5.41, 5.74) is 3.23. The second kappa shape index (κ2) is 8.20. The number of pyridine rings is 1. The van der Waals surface area contributed by atoms with Crippen molar-refractivity contribution in [2.24, 2.45) is 0 Å². The average molecular weight is 403 g/mol. The predicted molar refractivity (Wildman–Crippen MR) is 113 cm³/mol. The normalized spacial score (nSPS) is 10.7. The Morgan fingerprint density at radius 1 is 1.03 bits per heavy atom. The van der Waals surface area contributed by atoms with E-state index in [1.807, 2.05) is 54.8 Å². The molecule has 29 heavy (non-hydrogen) atoms. The number of ether oxygens (including phenoxy) is 1. The van der Waals surface area contributed by atoms with Gasteiger partial charge >= 0.3 is 5.97 Å². The van der Waals surface area contributed by atoms with Gasteiger partial charge in [0.25, 0.3) is 5.91 Å². The third-order valence-corrected chi connectivity index (χ3v) is 4.98. The van der Waals surface area contributed by atoms with Crippen LogP contribution in [-0.4, -0.2) is 28.5 Å². The Morgan fingerprint density at radius 3 is 2.72 bits per heavy atom. The highest BCUT2D eigenvalue weighted by Crippen LogP contribution is 2.24. The van der Waals surface area contributed by atoms with Crippen LogP contribution in [0.5, 0.6) is 0 Å². The van der Waals surface area contributed by atoms with Crippen LogP contribution in [0.1, 0.15) is 15.5 Å². The van der Waals surface area contributed by atoms with Crippen LogP contribution in [0.2, 0.25) is 0 Å². The van der Waals surface area contributed by atoms with E-state index in [1.54, 1.807) is 29.5 Å². The van der Waals surface area contributed by atoms with E-state index in [1.165, 1.54) is 0 Å². The van der Waals surface area contributed by atoms with E-state index in [-0.39, 0.29) is 5.69 Å². The molecule has 1 amide bonds. The fraction of sp³-hybridized carbons (Fsp3) is 0.0909. The summed E-state index contributed by atoms with van der Waals surface area (Å²) >= 11 is 1.57. The Labute approximate surface area is 171 Å². The lowest BCUT2D eigenvalue weighted by molar-refractivity contribution is -0.119. The number of hydrogen-bond acceptors (Lipinski definition) is 6. The number of carbonyl (C=O) groups excluding carboxylic acids is 2. The first-order valence-electron chi connectivity index (χ1n) is 8.94. The van der Waals surface area contributed by atoms with Crippen LogP contribution in [0.3, 0.4) is 0 Å². The second-order valence-corrected chi connectivity index (χ2v) is 7.41. The van der Waals surface area contributed by atoms with Crippen LogP contribution in [0.25, 0.3) is 22.2 Å². The number of hydrogen-bond donors (Lipinski definition) is 1. The van der Waals surface area contributed by atoms with Crippen molar-refractivity contribution < 1.29 is 14.3 Å². The monoisotopic (exact) mass is 403 g/mol. The van der Waals surface area contributed by atoms with Gasteiger partial charge < -0.3 is 10.1 Å². The average Bonchev–Trinajstić information content (AvgIpc) is 3.18. The van der Waals surface area contributed by atoms with Crippen molar-refractivity contribution in [3.8, 4) is 11.3 Å². The Balaban J connectivity index is 1.37. The van der Waals surface area contributed by atoms with Crippen LogP contribution in [0.15, 0.2) is 66.0 Å². The van der Waals surface area contributed by atoms with Crippen molar-refractivity contribution in [2.75, 3.05) is 11.9 Å². The fourth-order valence-corrected chi connectivity index (χ4v) is 3.46. The minimum atomic E-state index is -0.641. The largest absolute Gasteiger partial charge is 0.451 e. The molecule has 0 atom stereocenters. The molecule has 1 N–H and O–H groups in total. The molecule has 4 rings (SSSR count). The van der Waals surface area contributed by atoms with Gasteiger partial charge in [-0.25, -0.2) is 14.8 Å². The molecule has 2 aromatic carbocycles. The number of amides is 1. The number of para-hydroxylation sites is 1. The summed E-state index contributed by atoms with van der Waals surface area (Å²) in [6, 6.07) is 18.2. The number of benzene rings is 2. The molecular formula is C22H17N3O3S. The van der Waals surface area contributed by atoms with Gasteiger partial charge in [0.05, 0.1) is 16.2 Å². The highest BCUT2D eigenvalue weighted by atomic mass is 32.1. The first-order valence-corrected chi connectivity index (χ1v) is 9.82. The lowest BCUT2D eigenvalue weighted by Gasteiger charge is -2.08. The molecule has 0 aliphatic rings. The van der Waals surface area contributed by atoms with E-state index in [0.29, 0.717) is 11.2 Å². The number of fused-ring (bicyclic) bond motifs is 1. The molecule has 0 radical (unpaired) electrons. The SMILES string of the molecule is Cc1nc(-c2cccc(NC(=O)COC(=O)c3ccc4ccccc4n3)c2)cs1. The van der Waals surface area contributed by atoms with Gasteiger partial charge in [-0.3, -0.25) is 4.79 Å². The number of aryl methyl sites for hydroxylation is 1. The van der Waals surface area contributed by atoms with Crippen LogP contribution in [-0.2, 0) is 9.53 Å². The number of nitrogens with one attached hydrogen (secondary N) is 1. The van der Waals surface area contributed by atoms with Crippen LogP contribution >= 0.6 is 11.3 Å². The number of rotatable bonds is 5. The fourth-order valence-electron chi connectivity index (χ4n) is 2.83. The predicted octanol–water partition coefficient (Wildman–Crippen LogP) is 4.46. The third kappa shape index (κ3) is 4.47.